The van der Waals surface area contributed by atoms with E-state index in [9.17, 15) is 9.59 Å². The predicted octanol–water partition coefficient (Wildman–Crippen LogP) is 2.35. The maximum atomic E-state index is 12.1. The van der Waals surface area contributed by atoms with Crippen LogP contribution in [0.15, 0.2) is 29.3 Å². The molecule has 0 fully saturated rings. The van der Waals surface area contributed by atoms with Crippen molar-refractivity contribution in [3.8, 4) is 0 Å². The van der Waals surface area contributed by atoms with Gasteiger partial charge in [-0.25, -0.2) is 0 Å². The molecule has 0 atom stereocenters. The molecular weight excluding hydrogens is 312 g/mol. The van der Waals surface area contributed by atoms with E-state index < -0.39 is 5.91 Å². The number of amides is 2. The van der Waals surface area contributed by atoms with Gasteiger partial charge in [0.25, 0.3) is 5.91 Å². The number of rotatable bonds is 6. The average Bonchev–Trinajstić information content (AvgIpc) is 2.89. The van der Waals surface area contributed by atoms with Gasteiger partial charge in [-0.1, -0.05) is 17.7 Å². The Labute approximate surface area is 139 Å². The minimum atomic E-state index is -0.658. The molecule has 1 aromatic carbocycles. The number of carbonyl (C=O) groups is 2. The van der Waals surface area contributed by atoms with Crippen molar-refractivity contribution in [1.82, 2.24) is 9.78 Å². The summed E-state index contributed by atoms with van der Waals surface area (Å²) < 4.78 is 1.56. The molecule has 0 unspecified atom stereocenters. The maximum Gasteiger partial charge on any atom is 0.271 e. The second-order valence-electron chi connectivity index (χ2n) is 5.22. The zero-order chi connectivity index (χ0) is 17.0. The van der Waals surface area contributed by atoms with Crippen molar-refractivity contribution in [3.05, 3.63) is 41.2 Å². The predicted molar refractivity (Wildman–Crippen MR) is 91.7 cm³/mol. The molecule has 0 radical (unpaired) electrons. The van der Waals surface area contributed by atoms with Gasteiger partial charge in [0.15, 0.2) is 5.69 Å². The van der Waals surface area contributed by atoms with Crippen LogP contribution in [0, 0.1) is 13.8 Å². The number of hydrogen-bond acceptors (Lipinski definition) is 4. The molecule has 7 heteroatoms. The summed E-state index contributed by atoms with van der Waals surface area (Å²) in [5.74, 6) is -0.609. The van der Waals surface area contributed by atoms with E-state index in [1.165, 1.54) is 17.3 Å². The smallest absolute Gasteiger partial charge is 0.271 e. The molecule has 1 aromatic heterocycles. The summed E-state index contributed by atoms with van der Waals surface area (Å²) in [6.07, 6.45) is 1.61. The highest BCUT2D eigenvalue weighted by Gasteiger charge is 2.16. The van der Waals surface area contributed by atoms with Crippen LogP contribution < -0.4 is 11.1 Å². The fourth-order valence-electron chi connectivity index (χ4n) is 2.15. The summed E-state index contributed by atoms with van der Waals surface area (Å²) in [7, 11) is 0. The first-order valence-corrected chi connectivity index (χ1v) is 8.26. The Morgan fingerprint density at radius 1 is 1.35 bits per heavy atom. The quantitative estimate of drug-likeness (QED) is 0.795. The number of aromatic nitrogens is 2. The van der Waals surface area contributed by atoms with Gasteiger partial charge in [0.05, 0.1) is 11.4 Å². The number of nitrogens with one attached hydrogen (secondary N) is 1. The van der Waals surface area contributed by atoms with Gasteiger partial charge in [-0.2, -0.15) is 5.10 Å². The minimum Gasteiger partial charge on any atom is -0.364 e. The van der Waals surface area contributed by atoms with Crippen molar-refractivity contribution in [2.45, 2.75) is 32.2 Å². The van der Waals surface area contributed by atoms with Gasteiger partial charge in [0.1, 0.15) is 0 Å². The molecule has 3 N–H and O–H groups in total. The fraction of sp³-hybridized carbons (Fsp3) is 0.312. The second kappa shape index (κ2) is 7.32. The van der Waals surface area contributed by atoms with Crippen LogP contribution in [0.4, 0.5) is 5.69 Å². The van der Waals surface area contributed by atoms with Crippen LogP contribution in [-0.4, -0.2) is 27.3 Å². The molecule has 2 amide bonds. The van der Waals surface area contributed by atoms with Crippen molar-refractivity contribution in [2.75, 3.05) is 11.1 Å². The van der Waals surface area contributed by atoms with Crippen LogP contribution in [0.1, 0.15) is 28.5 Å². The van der Waals surface area contributed by atoms with Crippen LogP contribution >= 0.6 is 11.8 Å². The van der Waals surface area contributed by atoms with Crippen molar-refractivity contribution in [3.63, 3.8) is 0 Å². The molecule has 0 bridgehead atoms. The highest BCUT2D eigenvalue weighted by Crippen LogP contribution is 2.23. The number of anilines is 1. The molecular formula is C16H20N4O2S. The number of nitrogens with zero attached hydrogens (tertiary/aromatic N) is 2. The lowest BCUT2D eigenvalue weighted by Gasteiger charge is -2.07. The zero-order valence-corrected chi connectivity index (χ0v) is 14.2. The van der Waals surface area contributed by atoms with E-state index in [0.29, 0.717) is 12.2 Å². The Hall–Kier alpha value is -2.28. The molecule has 0 saturated carbocycles. The molecule has 2 aromatic rings. The molecule has 0 saturated heterocycles. The van der Waals surface area contributed by atoms with Gasteiger partial charge < -0.3 is 11.1 Å². The van der Waals surface area contributed by atoms with Crippen molar-refractivity contribution < 1.29 is 9.59 Å². The van der Waals surface area contributed by atoms with Crippen LogP contribution in [0.3, 0.4) is 0 Å². The number of aryl methyl sites for hydroxylation is 3. The number of carbonyl (C=O) groups excluding carboxylic acids is 2. The highest BCUT2D eigenvalue weighted by atomic mass is 32.2. The lowest BCUT2D eigenvalue weighted by molar-refractivity contribution is -0.113. The van der Waals surface area contributed by atoms with Crippen LogP contribution in [-0.2, 0) is 11.3 Å². The van der Waals surface area contributed by atoms with Gasteiger partial charge in [-0.05, 0) is 32.4 Å². The van der Waals surface area contributed by atoms with Gasteiger partial charge in [-0.3, -0.25) is 14.3 Å². The third-order valence-electron chi connectivity index (χ3n) is 3.28. The van der Waals surface area contributed by atoms with Gasteiger partial charge in [0, 0.05) is 17.6 Å². The van der Waals surface area contributed by atoms with E-state index in [1.54, 1.807) is 10.9 Å². The summed E-state index contributed by atoms with van der Waals surface area (Å²) in [6, 6.07) is 6.10. The average molecular weight is 332 g/mol. The number of thioether (sulfide) groups is 1. The lowest BCUT2D eigenvalue weighted by atomic mass is 10.2. The SMILES string of the molecule is CCn1cc(NC(=O)CSc2ccc(C)cc2C)c(C(N)=O)n1. The molecule has 122 valence electrons. The molecule has 0 spiro atoms. The summed E-state index contributed by atoms with van der Waals surface area (Å²) in [6.45, 7) is 6.53. The van der Waals surface area contributed by atoms with E-state index in [4.69, 9.17) is 5.73 Å². The highest BCUT2D eigenvalue weighted by molar-refractivity contribution is 8.00. The van der Waals surface area contributed by atoms with Crippen molar-refractivity contribution >= 4 is 29.3 Å². The van der Waals surface area contributed by atoms with Crippen molar-refractivity contribution in [1.29, 1.82) is 0 Å². The molecule has 0 aliphatic carbocycles. The first kappa shape index (κ1) is 17.1. The Kier molecular flexibility index (Phi) is 5.44. The molecule has 23 heavy (non-hydrogen) atoms. The minimum absolute atomic E-state index is 0.0803. The van der Waals surface area contributed by atoms with Crippen LogP contribution in [0.5, 0.6) is 0 Å². The van der Waals surface area contributed by atoms with E-state index in [1.807, 2.05) is 32.9 Å². The first-order chi connectivity index (χ1) is 10.9. The molecule has 2 rings (SSSR count). The number of nitrogens with two attached hydrogens (primary N) is 1. The fourth-order valence-corrected chi connectivity index (χ4v) is 2.96. The van der Waals surface area contributed by atoms with E-state index in [-0.39, 0.29) is 17.4 Å². The lowest BCUT2D eigenvalue weighted by Crippen LogP contribution is -2.19. The number of benzene rings is 1. The topological polar surface area (TPSA) is 90.0 Å². The van der Waals surface area contributed by atoms with Gasteiger partial charge in [-0.15, -0.1) is 11.8 Å². The number of hydrogen-bond donors (Lipinski definition) is 2. The second-order valence-corrected chi connectivity index (χ2v) is 6.23. The van der Waals surface area contributed by atoms with E-state index >= 15 is 0 Å². The zero-order valence-electron chi connectivity index (χ0n) is 13.4. The Morgan fingerprint density at radius 3 is 2.70 bits per heavy atom. The third-order valence-corrected chi connectivity index (χ3v) is 4.46. The largest absolute Gasteiger partial charge is 0.364 e. The van der Waals surface area contributed by atoms with Crippen LogP contribution in [0.25, 0.3) is 0 Å². The molecule has 0 aliphatic heterocycles. The summed E-state index contributed by atoms with van der Waals surface area (Å²) >= 11 is 1.45. The van der Waals surface area contributed by atoms with Gasteiger partial charge >= 0.3 is 0 Å². The summed E-state index contributed by atoms with van der Waals surface area (Å²) in [4.78, 5) is 24.6. The van der Waals surface area contributed by atoms with Crippen molar-refractivity contribution in [2.24, 2.45) is 5.73 Å². The molecule has 6 nitrogen and oxygen atoms in total. The molecule has 1 heterocycles. The molecule has 0 aliphatic rings. The van der Waals surface area contributed by atoms with Gasteiger partial charge in [0.2, 0.25) is 5.91 Å². The maximum absolute atomic E-state index is 12.1. The summed E-state index contributed by atoms with van der Waals surface area (Å²) in [5, 5.41) is 6.75. The number of primary amides is 1. The first-order valence-electron chi connectivity index (χ1n) is 7.28. The van der Waals surface area contributed by atoms with E-state index in [2.05, 4.69) is 16.5 Å². The standard InChI is InChI=1S/C16H20N4O2S/c1-4-20-8-12(15(19-20)16(17)22)18-14(21)9-23-13-6-5-10(2)7-11(13)3/h5-8H,4,9H2,1-3H3,(H2,17,22)(H,18,21). The normalized spacial score (nSPS) is 10.6. The summed E-state index contributed by atoms with van der Waals surface area (Å²) in [5.41, 5.74) is 8.05. The van der Waals surface area contributed by atoms with Crippen LogP contribution in [0.2, 0.25) is 0 Å². The third kappa shape index (κ3) is 4.35. The Balaban J connectivity index is 2.02. The van der Waals surface area contributed by atoms with E-state index in [0.717, 1.165) is 10.5 Å². The Bertz CT molecular complexity index is 740. The monoisotopic (exact) mass is 332 g/mol. The Morgan fingerprint density at radius 2 is 2.09 bits per heavy atom.